The fourth-order valence-electron chi connectivity index (χ4n) is 6.55. The van der Waals surface area contributed by atoms with Gasteiger partial charge in [-0.2, -0.15) is 0 Å². The number of anilines is 2. The summed E-state index contributed by atoms with van der Waals surface area (Å²) >= 11 is 2.61. The number of fused-ring (bicyclic) bond motifs is 6. The van der Waals surface area contributed by atoms with E-state index in [1.165, 1.54) is 34.1 Å². The predicted octanol–water partition coefficient (Wildman–Crippen LogP) is 7.22. The van der Waals surface area contributed by atoms with E-state index in [1.54, 1.807) is 32.9 Å². The minimum Gasteiger partial charge on any atom is -0.465 e. The number of carboxylic acid groups (broad SMARTS) is 1. The quantitative estimate of drug-likeness (QED) is 0.170. The zero-order valence-corrected chi connectivity index (χ0v) is 26.7. The third-order valence-electron chi connectivity index (χ3n) is 8.26. The number of aromatic nitrogens is 2. The van der Waals surface area contributed by atoms with Gasteiger partial charge in [0.15, 0.2) is 11.0 Å². The molecule has 2 aromatic heterocycles. The van der Waals surface area contributed by atoms with Crippen LogP contribution in [-0.2, 0) is 22.7 Å². The van der Waals surface area contributed by atoms with Crippen LogP contribution in [0, 0.1) is 11.6 Å². The van der Waals surface area contributed by atoms with E-state index in [0.717, 1.165) is 6.42 Å². The molecule has 0 saturated carbocycles. The van der Waals surface area contributed by atoms with Crippen LogP contribution in [0.4, 0.5) is 29.2 Å². The number of piperazine rings is 1. The lowest BCUT2D eigenvalue weighted by atomic mass is 9.86. The van der Waals surface area contributed by atoms with E-state index in [4.69, 9.17) is 14.5 Å². The van der Waals surface area contributed by atoms with Crippen molar-refractivity contribution in [3.63, 3.8) is 0 Å². The molecule has 2 atom stereocenters. The monoisotopic (exact) mass is 655 g/mol. The summed E-state index contributed by atoms with van der Waals surface area (Å²) in [7, 11) is 0. The third kappa shape index (κ3) is 5.12. The maximum absolute atomic E-state index is 17.1. The molecule has 3 aliphatic rings. The zero-order chi connectivity index (χ0) is 31.8. The summed E-state index contributed by atoms with van der Waals surface area (Å²) in [5, 5.41) is 14.1. The van der Waals surface area contributed by atoms with Crippen LogP contribution in [0.5, 0.6) is 0 Å². The van der Waals surface area contributed by atoms with Gasteiger partial charge in [-0.1, -0.05) is 18.7 Å². The number of halogens is 2. The van der Waals surface area contributed by atoms with Gasteiger partial charge in [0.1, 0.15) is 22.8 Å². The van der Waals surface area contributed by atoms with Gasteiger partial charge in [-0.05, 0) is 62.3 Å². The molecule has 5 heterocycles. The molecule has 0 aliphatic carbocycles. The third-order valence-corrected chi connectivity index (χ3v) is 10.0. The molecule has 2 unspecified atom stereocenters. The molecule has 4 aromatic rings. The van der Waals surface area contributed by atoms with Crippen molar-refractivity contribution >= 4 is 67.1 Å². The van der Waals surface area contributed by atoms with Crippen LogP contribution >= 0.6 is 23.1 Å². The number of amides is 2. The van der Waals surface area contributed by atoms with Crippen LogP contribution in [0.25, 0.3) is 32.1 Å². The van der Waals surface area contributed by atoms with Gasteiger partial charge in [0.25, 0.3) is 0 Å². The molecule has 2 aromatic carbocycles. The first-order valence-corrected chi connectivity index (χ1v) is 16.5. The van der Waals surface area contributed by atoms with Crippen molar-refractivity contribution in [2.45, 2.75) is 70.2 Å². The van der Waals surface area contributed by atoms with Crippen molar-refractivity contribution in [2.24, 2.45) is 0 Å². The van der Waals surface area contributed by atoms with E-state index >= 15 is 8.78 Å². The molecule has 2 N–H and O–H groups in total. The molecule has 0 radical (unpaired) electrons. The molecule has 2 bridgehead atoms. The summed E-state index contributed by atoms with van der Waals surface area (Å²) in [5.74, 6) is -0.0657. The van der Waals surface area contributed by atoms with Gasteiger partial charge in [0.05, 0.1) is 35.7 Å². The summed E-state index contributed by atoms with van der Waals surface area (Å²) in [6, 6.07) is 4.36. The molecule has 2 fully saturated rings. The normalized spacial score (nSPS) is 19.2. The van der Waals surface area contributed by atoms with Gasteiger partial charge in [0, 0.05) is 34.3 Å². The number of hydrogen-bond acceptors (Lipinski definition) is 9. The second-order valence-corrected chi connectivity index (χ2v) is 14.7. The van der Waals surface area contributed by atoms with E-state index in [2.05, 4.69) is 15.2 Å². The zero-order valence-electron chi connectivity index (χ0n) is 25.1. The number of ether oxygens (including phenoxy) is 2. The molecule has 10 nitrogen and oxygen atoms in total. The van der Waals surface area contributed by atoms with Gasteiger partial charge in [-0.15, -0.1) is 11.3 Å². The lowest BCUT2D eigenvalue weighted by Gasteiger charge is -2.56. The number of nitrogens with zero attached hydrogens (tertiary/aromatic N) is 4. The second kappa shape index (κ2) is 11.0. The van der Waals surface area contributed by atoms with Crippen molar-refractivity contribution in [3.05, 3.63) is 41.0 Å². The minimum atomic E-state index is -0.960. The van der Waals surface area contributed by atoms with Crippen LogP contribution in [0.1, 0.15) is 45.2 Å². The lowest BCUT2D eigenvalue weighted by molar-refractivity contribution is 0.0636. The van der Waals surface area contributed by atoms with E-state index in [9.17, 15) is 14.7 Å². The fourth-order valence-corrected chi connectivity index (χ4v) is 8.07. The minimum absolute atomic E-state index is 0.0740. The topological polar surface area (TPSA) is 117 Å². The van der Waals surface area contributed by atoms with Crippen LogP contribution in [0.2, 0.25) is 0 Å². The molecule has 0 spiro atoms. The number of benzene rings is 2. The van der Waals surface area contributed by atoms with Crippen molar-refractivity contribution < 1.29 is 33.0 Å². The number of piperidine rings is 1. The Kier molecular flexibility index (Phi) is 7.28. The smallest absolute Gasteiger partial charge is 0.412 e. The van der Waals surface area contributed by atoms with Crippen molar-refractivity contribution in [1.82, 2.24) is 14.9 Å². The largest absolute Gasteiger partial charge is 0.465 e. The lowest BCUT2D eigenvalue weighted by Crippen LogP contribution is -2.70. The summed E-state index contributed by atoms with van der Waals surface area (Å²) in [4.78, 5) is 37.2. The number of carbonyl (C=O) groups is 2. The Labute approximate surface area is 265 Å². The highest BCUT2D eigenvalue weighted by Gasteiger charge is 2.48. The van der Waals surface area contributed by atoms with Crippen molar-refractivity contribution in [1.29, 1.82) is 0 Å². The number of hydrogen-bond donors (Lipinski definition) is 2. The SMILES string of the molecule is CCSc1nc(N2C3CC2CN(C(=O)O)C3)c2c3c(c(-c4c(F)ccc5sc(NC(=O)OC(C)(C)C)cc45)c(F)c2n1)COC3. The first kappa shape index (κ1) is 29.9. The van der Waals surface area contributed by atoms with Gasteiger partial charge < -0.3 is 24.4 Å². The Balaban J connectivity index is 1.40. The Morgan fingerprint density at radius 3 is 2.58 bits per heavy atom. The molecule has 14 heteroatoms. The number of nitrogens with one attached hydrogen (secondary N) is 1. The van der Waals surface area contributed by atoms with Crippen LogP contribution in [0.15, 0.2) is 23.4 Å². The molecule has 236 valence electrons. The van der Waals surface area contributed by atoms with Gasteiger partial charge in [-0.25, -0.2) is 28.3 Å². The maximum atomic E-state index is 17.1. The maximum Gasteiger partial charge on any atom is 0.412 e. The Morgan fingerprint density at radius 2 is 1.89 bits per heavy atom. The number of thioether (sulfide) groups is 1. The number of likely N-dealkylation sites (tertiary alicyclic amines) is 1. The second-order valence-electron chi connectivity index (χ2n) is 12.3. The molecular formula is C31H31F2N5O5S2. The van der Waals surface area contributed by atoms with E-state index in [0.29, 0.717) is 61.4 Å². The van der Waals surface area contributed by atoms with Crippen LogP contribution in [0.3, 0.4) is 0 Å². The fraction of sp³-hybridized carbons (Fsp3) is 0.419. The molecule has 2 amide bonds. The van der Waals surface area contributed by atoms with Gasteiger partial charge in [0.2, 0.25) is 0 Å². The van der Waals surface area contributed by atoms with Gasteiger partial charge in [-0.3, -0.25) is 5.32 Å². The summed E-state index contributed by atoms with van der Waals surface area (Å²) in [5.41, 5.74) is 0.755. The number of thiophene rings is 1. The standard InChI is InChI=1S/C31H31F2N5O5S2/c1-5-44-28-35-26-24(27(36-28)38-14-8-15(38)11-37(10-14)30(40)41)18-13-42-12-17(18)23(25(26)33)22-16-9-21(34-29(39)43-31(2,3)4)45-20(16)7-6-19(22)32/h6-7,9,14-15H,5,8,10-13H2,1-4H3,(H,34,39)(H,40,41). The molecular weight excluding hydrogens is 625 g/mol. The molecule has 45 heavy (non-hydrogen) atoms. The molecule has 3 aliphatic heterocycles. The van der Waals surface area contributed by atoms with Crippen molar-refractivity contribution in [2.75, 3.05) is 29.1 Å². The summed E-state index contributed by atoms with van der Waals surface area (Å²) < 4.78 is 44.8. The summed E-state index contributed by atoms with van der Waals surface area (Å²) in [6.45, 7) is 8.14. The highest BCUT2D eigenvalue weighted by molar-refractivity contribution is 7.99. The number of rotatable bonds is 5. The first-order chi connectivity index (χ1) is 21.4. The number of carbonyl (C=O) groups excluding carboxylic acids is 1. The van der Waals surface area contributed by atoms with E-state index < -0.39 is 29.4 Å². The molecule has 2 saturated heterocycles. The Hall–Kier alpha value is -3.75. The van der Waals surface area contributed by atoms with Crippen LogP contribution < -0.4 is 10.2 Å². The Bertz CT molecular complexity index is 1880. The molecule has 7 rings (SSSR count). The average Bonchev–Trinajstić information content (AvgIpc) is 3.60. The van der Waals surface area contributed by atoms with Crippen LogP contribution in [-0.4, -0.2) is 68.7 Å². The van der Waals surface area contributed by atoms with E-state index in [1.807, 2.05) is 6.92 Å². The van der Waals surface area contributed by atoms with E-state index in [-0.39, 0.29) is 41.9 Å². The summed E-state index contributed by atoms with van der Waals surface area (Å²) in [6.07, 6.45) is -0.789. The average molecular weight is 656 g/mol. The predicted molar refractivity (Wildman–Crippen MR) is 169 cm³/mol. The highest BCUT2D eigenvalue weighted by atomic mass is 32.2. The highest BCUT2D eigenvalue weighted by Crippen LogP contribution is 2.48. The van der Waals surface area contributed by atoms with Crippen molar-refractivity contribution in [3.8, 4) is 11.1 Å². The van der Waals surface area contributed by atoms with Gasteiger partial charge >= 0.3 is 12.2 Å². The first-order valence-electron chi connectivity index (χ1n) is 14.7. The Morgan fingerprint density at radius 1 is 1.16 bits per heavy atom.